The lowest BCUT2D eigenvalue weighted by atomic mass is 9.81. The first-order chi connectivity index (χ1) is 17.3. The van der Waals surface area contributed by atoms with Crippen LogP contribution >= 0.6 is 31.9 Å². The third kappa shape index (κ3) is 5.18. The molecule has 2 aromatic carbocycles. The number of anilines is 2. The number of carbonyl (C=O) groups is 2. The van der Waals surface area contributed by atoms with Gasteiger partial charge >= 0.3 is 0 Å². The molecule has 0 aromatic heterocycles. The maximum atomic E-state index is 14.0. The second-order valence-electron chi connectivity index (χ2n) is 11.4. The van der Waals surface area contributed by atoms with Crippen LogP contribution in [0.3, 0.4) is 0 Å². The minimum atomic E-state index is -0.0947. The SMILES string of the molecule is CC1CCC(CNc2ccc(Br)c3c2C(=O)c2c(Br)ccc(NCC4CCC(C)CC4)c2C3=O)CC1. The summed E-state index contributed by atoms with van der Waals surface area (Å²) < 4.78 is 1.34. The number of nitrogens with one attached hydrogen (secondary N) is 2. The van der Waals surface area contributed by atoms with Crippen molar-refractivity contribution in [3.8, 4) is 0 Å². The van der Waals surface area contributed by atoms with Crippen LogP contribution in [0.2, 0.25) is 0 Å². The number of benzene rings is 2. The van der Waals surface area contributed by atoms with Crippen molar-refractivity contribution < 1.29 is 9.59 Å². The van der Waals surface area contributed by atoms with Gasteiger partial charge in [-0.1, -0.05) is 71.4 Å². The van der Waals surface area contributed by atoms with Crippen molar-refractivity contribution in [2.45, 2.75) is 65.2 Å². The Bertz CT molecular complexity index is 1070. The molecule has 0 unspecified atom stereocenters. The third-order valence-corrected chi connectivity index (χ3v) is 9.97. The minimum Gasteiger partial charge on any atom is -0.384 e. The van der Waals surface area contributed by atoms with Crippen molar-refractivity contribution >= 4 is 54.8 Å². The van der Waals surface area contributed by atoms with E-state index in [4.69, 9.17) is 0 Å². The molecule has 0 aliphatic heterocycles. The maximum absolute atomic E-state index is 14.0. The van der Waals surface area contributed by atoms with Crippen LogP contribution in [-0.4, -0.2) is 24.7 Å². The van der Waals surface area contributed by atoms with E-state index in [9.17, 15) is 9.59 Å². The van der Waals surface area contributed by atoms with Gasteiger partial charge in [0.1, 0.15) is 0 Å². The van der Waals surface area contributed by atoms with Gasteiger partial charge in [-0.15, -0.1) is 0 Å². The van der Waals surface area contributed by atoms with Crippen molar-refractivity contribution in [1.82, 2.24) is 0 Å². The van der Waals surface area contributed by atoms with Crippen LogP contribution in [0.4, 0.5) is 11.4 Å². The van der Waals surface area contributed by atoms with Crippen LogP contribution in [0, 0.1) is 23.7 Å². The van der Waals surface area contributed by atoms with Crippen molar-refractivity contribution in [2.75, 3.05) is 23.7 Å². The topological polar surface area (TPSA) is 58.2 Å². The maximum Gasteiger partial charge on any atom is 0.197 e. The Kier molecular flexibility index (Phi) is 7.92. The Morgan fingerprint density at radius 3 is 1.33 bits per heavy atom. The summed E-state index contributed by atoms with van der Waals surface area (Å²) in [6.07, 6.45) is 9.89. The summed E-state index contributed by atoms with van der Waals surface area (Å²) in [5, 5.41) is 7.09. The quantitative estimate of drug-likeness (QED) is 0.292. The van der Waals surface area contributed by atoms with Gasteiger partial charge in [-0.25, -0.2) is 0 Å². The number of ketones is 2. The molecule has 0 saturated heterocycles. The van der Waals surface area contributed by atoms with E-state index in [2.05, 4.69) is 56.3 Å². The predicted molar refractivity (Wildman–Crippen MR) is 154 cm³/mol. The molecule has 2 aromatic rings. The number of hydrogen-bond acceptors (Lipinski definition) is 4. The van der Waals surface area contributed by atoms with Crippen LogP contribution in [0.5, 0.6) is 0 Å². The first-order valence-corrected chi connectivity index (χ1v) is 15.1. The van der Waals surface area contributed by atoms with Gasteiger partial charge in [0.25, 0.3) is 0 Å². The molecule has 192 valence electrons. The predicted octanol–water partition coefficient (Wildman–Crippen LogP) is 8.46. The second-order valence-corrected chi connectivity index (χ2v) is 13.1. The summed E-state index contributed by atoms with van der Waals surface area (Å²) in [4.78, 5) is 27.9. The fourth-order valence-electron chi connectivity index (χ4n) is 6.19. The summed E-state index contributed by atoms with van der Waals surface area (Å²) in [6.45, 7) is 6.32. The molecule has 0 amide bonds. The first kappa shape index (κ1) is 26.0. The lowest BCUT2D eigenvalue weighted by molar-refractivity contribution is 0.0979. The van der Waals surface area contributed by atoms with Crippen molar-refractivity contribution in [3.05, 3.63) is 55.5 Å². The third-order valence-electron chi connectivity index (χ3n) is 8.65. The van der Waals surface area contributed by atoms with Crippen LogP contribution in [-0.2, 0) is 0 Å². The fourth-order valence-corrected chi connectivity index (χ4v) is 7.21. The van der Waals surface area contributed by atoms with E-state index in [1.165, 1.54) is 51.4 Å². The van der Waals surface area contributed by atoms with Gasteiger partial charge in [-0.3, -0.25) is 9.59 Å². The number of rotatable bonds is 6. The average Bonchev–Trinajstić information content (AvgIpc) is 2.87. The zero-order valence-corrected chi connectivity index (χ0v) is 24.4. The van der Waals surface area contributed by atoms with Crippen LogP contribution in [0.1, 0.15) is 97.1 Å². The van der Waals surface area contributed by atoms with E-state index in [1.807, 2.05) is 24.3 Å². The first-order valence-electron chi connectivity index (χ1n) is 13.6. The Labute approximate surface area is 231 Å². The highest BCUT2D eigenvalue weighted by Crippen LogP contribution is 2.42. The molecule has 4 nitrogen and oxygen atoms in total. The lowest BCUT2D eigenvalue weighted by Gasteiger charge is -2.29. The number of fused-ring (bicyclic) bond motifs is 2. The molecule has 2 saturated carbocycles. The monoisotopic (exact) mass is 614 g/mol. The standard InChI is InChI=1S/C30H36Br2N2O2/c1-17-3-7-19(8-4-17)15-33-23-13-11-21(31)25-27(23)29(35)26-22(32)12-14-24(28(26)30(25)36)34-16-20-9-5-18(2)6-10-20/h11-14,17-20,33-34H,3-10,15-16H2,1-2H3. The molecule has 0 bridgehead atoms. The molecular formula is C30H36Br2N2O2. The Morgan fingerprint density at radius 1 is 0.611 bits per heavy atom. The molecule has 3 aliphatic carbocycles. The van der Waals surface area contributed by atoms with Gasteiger partial charge in [-0.2, -0.15) is 0 Å². The van der Waals surface area contributed by atoms with Crippen molar-refractivity contribution in [3.63, 3.8) is 0 Å². The second kappa shape index (κ2) is 11.0. The normalized spacial score (nSPS) is 25.8. The van der Waals surface area contributed by atoms with Gasteiger partial charge in [-0.05, 0) is 73.6 Å². The van der Waals surface area contributed by atoms with Gasteiger partial charge in [0, 0.05) is 33.4 Å². The highest BCUT2D eigenvalue weighted by atomic mass is 79.9. The van der Waals surface area contributed by atoms with Crippen molar-refractivity contribution in [1.29, 1.82) is 0 Å². The zero-order valence-electron chi connectivity index (χ0n) is 21.3. The highest BCUT2D eigenvalue weighted by molar-refractivity contribution is 9.10. The molecule has 5 rings (SSSR count). The van der Waals surface area contributed by atoms with Gasteiger partial charge in [0.15, 0.2) is 11.6 Å². The number of carbonyl (C=O) groups excluding carboxylic acids is 2. The summed E-state index contributed by atoms with van der Waals surface area (Å²) in [5.41, 5.74) is 3.45. The zero-order chi connectivity index (χ0) is 25.4. The molecule has 0 atom stereocenters. The molecule has 36 heavy (non-hydrogen) atoms. The fraction of sp³-hybridized carbons (Fsp3) is 0.533. The van der Waals surface area contributed by atoms with E-state index < -0.39 is 0 Å². The minimum absolute atomic E-state index is 0.0947. The summed E-state index contributed by atoms with van der Waals surface area (Å²) in [6, 6.07) is 7.67. The van der Waals surface area contributed by atoms with E-state index in [0.717, 1.165) is 36.3 Å². The summed E-state index contributed by atoms with van der Waals surface area (Å²) in [5.74, 6) is 2.63. The highest BCUT2D eigenvalue weighted by Gasteiger charge is 2.37. The molecule has 0 spiro atoms. The largest absolute Gasteiger partial charge is 0.384 e. The smallest absolute Gasteiger partial charge is 0.197 e. The molecule has 6 heteroatoms. The Balaban J connectivity index is 1.42. The van der Waals surface area contributed by atoms with Crippen LogP contribution in [0.25, 0.3) is 0 Å². The Hall–Kier alpha value is -1.66. The van der Waals surface area contributed by atoms with Gasteiger partial charge < -0.3 is 10.6 Å². The molecule has 3 aliphatic rings. The lowest BCUT2D eigenvalue weighted by Crippen LogP contribution is -2.27. The molecule has 0 radical (unpaired) electrons. The van der Waals surface area contributed by atoms with E-state index >= 15 is 0 Å². The van der Waals surface area contributed by atoms with E-state index in [-0.39, 0.29) is 11.6 Å². The average molecular weight is 616 g/mol. The number of hydrogen-bond donors (Lipinski definition) is 2. The summed E-state index contributed by atoms with van der Waals surface area (Å²) in [7, 11) is 0. The molecular weight excluding hydrogens is 580 g/mol. The van der Waals surface area contributed by atoms with E-state index in [0.29, 0.717) is 43.0 Å². The Morgan fingerprint density at radius 2 is 0.972 bits per heavy atom. The molecule has 0 heterocycles. The molecule has 2 N–H and O–H groups in total. The van der Waals surface area contributed by atoms with Crippen LogP contribution in [0.15, 0.2) is 33.2 Å². The van der Waals surface area contributed by atoms with E-state index in [1.54, 1.807) is 0 Å². The molecule has 2 fully saturated rings. The number of halogens is 2. The van der Waals surface area contributed by atoms with Gasteiger partial charge in [0.2, 0.25) is 0 Å². The van der Waals surface area contributed by atoms with Crippen LogP contribution < -0.4 is 10.6 Å². The summed E-state index contributed by atoms with van der Waals surface area (Å²) >= 11 is 7.18. The van der Waals surface area contributed by atoms with Gasteiger partial charge in [0.05, 0.1) is 22.3 Å². The van der Waals surface area contributed by atoms with Crippen molar-refractivity contribution in [2.24, 2.45) is 23.7 Å².